The van der Waals surface area contributed by atoms with Crippen LogP contribution in [0, 0.1) is 11.7 Å². The number of hydrogen-bond donors (Lipinski definition) is 1. The first-order valence-corrected chi connectivity index (χ1v) is 11.7. The molecule has 1 saturated carbocycles. The predicted octanol–water partition coefficient (Wildman–Crippen LogP) is 4.14. The molecule has 172 valence electrons. The number of benzene rings is 1. The molecule has 4 aromatic rings. The summed E-state index contributed by atoms with van der Waals surface area (Å²) in [6.45, 7) is 1.47. The van der Waals surface area contributed by atoms with Crippen molar-refractivity contribution in [1.29, 1.82) is 0 Å². The van der Waals surface area contributed by atoms with Crippen molar-refractivity contribution in [2.45, 2.75) is 31.2 Å². The highest BCUT2D eigenvalue weighted by atomic mass is 19.1. The Morgan fingerprint density at radius 3 is 2.85 bits per heavy atom. The molecule has 6 rings (SSSR count). The molecule has 1 aliphatic heterocycles. The quantitative estimate of drug-likeness (QED) is 0.489. The molecule has 0 spiro atoms. The maximum Gasteiger partial charge on any atom is 0.226 e. The van der Waals surface area contributed by atoms with E-state index < -0.39 is 0 Å². The first kappa shape index (κ1) is 20.8. The van der Waals surface area contributed by atoms with Gasteiger partial charge in [0.25, 0.3) is 0 Å². The Morgan fingerprint density at radius 1 is 1.09 bits per heavy atom. The highest BCUT2D eigenvalue weighted by Crippen LogP contribution is 2.48. The zero-order valence-corrected chi connectivity index (χ0v) is 18.6. The lowest BCUT2D eigenvalue weighted by molar-refractivity contribution is -0.133. The molecule has 3 aromatic heterocycles. The number of aromatic nitrogens is 4. The monoisotopic (exact) mass is 456 g/mol. The van der Waals surface area contributed by atoms with Crippen molar-refractivity contribution in [2.75, 3.05) is 18.4 Å². The molecule has 1 aliphatic carbocycles. The van der Waals surface area contributed by atoms with Gasteiger partial charge in [0.2, 0.25) is 5.91 Å². The molecule has 3 atom stereocenters. The number of pyridine rings is 1. The zero-order chi connectivity index (χ0) is 23.1. The molecule has 8 heteroatoms. The van der Waals surface area contributed by atoms with E-state index in [9.17, 15) is 9.18 Å². The second kappa shape index (κ2) is 8.52. The third kappa shape index (κ3) is 4.00. The number of piperidine rings is 1. The van der Waals surface area contributed by atoms with Crippen molar-refractivity contribution in [2.24, 2.45) is 5.92 Å². The third-order valence-electron chi connectivity index (χ3n) is 6.77. The maximum absolute atomic E-state index is 13.7. The van der Waals surface area contributed by atoms with Gasteiger partial charge < -0.3 is 10.2 Å². The van der Waals surface area contributed by atoms with Crippen LogP contribution in [0.4, 0.5) is 10.2 Å². The van der Waals surface area contributed by atoms with Crippen LogP contribution >= 0.6 is 0 Å². The number of carbonyl (C=O) groups is 1. The number of hydrogen-bond acceptors (Lipinski definition) is 5. The zero-order valence-electron chi connectivity index (χ0n) is 18.6. The minimum Gasteiger partial charge on any atom is -0.365 e. The van der Waals surface area contributed by atoms with Gasteiger partial charge in [0.1, 0.15) is 23.0 Å². The Morgan fingerprint density at radius 2 is 1.97 bits per heavy atom. The van der Waals surface area contributed by atoms with Gasteiger partial charge in [0.05, 0.1) is 6.20 Å². The van der Waals surface area contributed by atoms with E-state index >= 15 is 0 Å². The van der Waals surface area contributed by atoms with Gasteiger partial charge in [-0.15, -0.1) is 0 Å². The first-order valence-electron chi connectivity index (χ1n) is 11.7. The van der Waals surface area contributed by atoms with Crippen molar-refractivity contribution in [3.63, 3.8) is 0 Å². The molecule has 2 fully saturated rings. The summed E-state index contributed by atoms with van der Waals surface area (Å²) < 4.78 is 15.4. The molecule has 2 aliphatic rings. The van der Waals surface area contributed by atoms with Crippen LogP contribution in [0.15, 0.2) is 67.1 Å². The lowest BCUT2D eigenvalue weighted by Crippen LogP contribution is -2.46. The van der Waals surface area contributed by atoms with Gasteiger partial charge in [0.15, 0.2) is 5.82 Å². The first-order chi connectivity index (χ1) is 16.7. The summed E-state index contributed by atoms with van der Waals surface area (Å²) in [5.41, 5.74) is 2.52. The molecule has 34 heavy (non-hydrogen) atoms. The summed E-state index contributed by atoms with van der Waals surface area (Å²) in [4.78, 5) is 28.5. The minimum atomic E-state index is -0.349. The molecule has 7 nitrogen and oxygen atoms in total. The molecule has 1 aromatic carbocycles. The smallest absolute Gasteiger partial charge is 0.226 e. The van der Waals surface area contributed by atoms with E-state index in [4.69, 9.17) is 0 Å². The van der Waals surface area contributed by atoms with Crippen molar-refractivity contribution in [3.8, 4) is 11.5 Å². The molecule has 4 heterocycles. The Balaban J connectivity index is 1.14. The predicted molar refractivity (Wildman–Crippen MR) is 127 cm³/mol. The fourth-order valence-corrected chi connectivity index (χ4v) is 4.96. The Hall–Kier alpha value is -3.81. The van der Waals surface area contributed by atoms with E-state index in [1.54, 1.807) is 22.9 Å². The van der Waals surface area contributed by atoms with Gasteiger partial charge in [-0.25, -0.2) is 19.3 Å². The van der Waals surface area contributed by atoms with Crippen LogP contribution in [0.5, 0.6) is 0 Å². The fraction of sp³-hybridized carbons (Fsp3) is 0.308. The maximum atomic E-state index is 13.7. The number of fused-ring (bicyclic) bond motifs is 1. The van der Waals surface area contributed by atoms with Crippen molar-refractivity contribution < 1.29 is 9.18 Å². The van der Waals surface area contributed by atoms with Gasteiger partial charge in [-0.1, -0.05) is 30.3 Å². The van der Waals surface area contributed by atoms with E-state index in [2.05, 4.69) is 32.4 Å². The normalized spacial score (nSPS) is 22.0. The average molecular weight is 457 g/mol. The van der Waals surface area contributed by atoms with Gasteiger partial charge in [-0.3, -0.25) is 9.20 Å². The number of halogens is 1. The highest BCUT2D eigenvalue weighted by molar-refractivity contribution is 5.83. The van der Waals surface area contributed by atoms with Crippen LogP contribution in [0.3, 0.4) is 0 Å². The number of nitrogens with one attached hydrogen (secondary N) is 1. The van der Waals surface area contributed by atoms with E-state index in [1.807, 2.05) is 29.2 Å². The number of imidazole rings is 1. The minimum absolute atomic E-state index is 0.0994. The van der Waals surface area contributed by atoms with Gasteiger partial charge >= 0.3 is 0 Å². The van der Waals surface area contributed by atoms with E-state index in [1.165, 1.54) is 17.8 Å². The average Bonchev–Trinajstić information content (AvgIpc) is 3.57. The lowest BCUT2D eigenvalue weighted by Gasteiger charge is -2.33. The van der Waals surface area contributed by atoms with Gasteiger partial charge in [-0.2, -0.15) is 0 Å². The summed E-state index contributed by atoms with van der Waals surface area (Å²) in [6.07, 6.45) is 7.57. The highest BCUT2D eigenvalue weighted by Gasteiger charge is 2.46. The number of anilines is 1. The summed E-state index contributed by atoms with van der Waals surface area (Å²) in [5, 5.41) is 3.48. The SMILES string of the molecule is O=C(C1CC1c1ccccc1)N1CCC[C@@H](Nc2ccnc(-c3cnc4ccc(F)cn34)n2)C1. The summed E-state index contributed by atoms with van der Waals surface area (Å²) >= 11 is 0. The Bertz CT molecular complexity index is 1340. The summed E-state index contributed by atoms with van der Waals surface area (Å²) in [5.74, 6) is 1.51. The number of nitrogens with zero attached hydrogens (tertiary/aromatic N) is 5. The molecule has 1 N–H and O–H groups in total. The topological polar surface area (TPSA) is 75.4 Å². The van der Waals surface area contributed by atoms with Crippen molar-refractivity contribution in [3.05, 3.63) is 78.5 Å². The van der Waals surface area contributed by atoms with Crippen LogP contribution in [-0.2, 0) is 4.79 Å². The van der Waals surface area contributed by atoms with Gasteiger partial charge in [0, 0.05) is 37.4 Å². The third-order valence-corrected chi connectivity index (χ3v) is 6.77. The molecule has 0 bridgehead atoms. The van der Waals surface area contributed by atoms with E-state index in [0.29, 0.717) is 35.4 Å². The molecule has 1 amide bonds. The van der Waals surface area contributed by atoms with Crippen molar-refractivity contribution in [1.82, 2.24) is 24.3 Å². The molecule has 1 saturated heterocycles. The van der Waals surface area contributed by atoms with Crippen LogP contribution < -0.4 is 5.32 Å². The summed E-state index contributed by atoms with van der Waals surface area (Å²) in [7, 11) is 0. The van der Waals surface area contributed by atoms with Gasteiger partial charge in [-0.05, 0) is 48.9 Å². The van der Waals surface area contributed by atoms with Crippen LogP contribution in [0.1, 0.15) is 30.7 Å². The number of amides is 1. The number of carbonyl (C=O) groups excluding carboxylic acids is 1. The fourth-order valence-electron chi connectivity index (χ4n) is 4.96. The molecular formula is C26H25FN6O. The van der Waals surface area contributed by atoms with Crippen LogP contribution in [-0.4, -0.2) is 49.3 Å². The largest absolute Gasteiger partial charge is 0.365 e. The summed E-state index contributed by atoms with van der Waals surface area (Å²) in [6, 6.07) is 15.3. The standard InChI is InChI=1S/C26H25FN6O/c27-18-8-9-24-29-14-22(33(24)15-18)25-28-11-10-23(31-25)30-19-7-4-12-32(16-19)26(34)21-13-20(21)17-5-2-1-3-6-17/h1-3,5-6,8-11,14-15,19-21H,4,7,12-13,16H2,(H,28,30,31)/t19-,20?,21?/m1/s1. The van der Waals surface area contributed by atoms with E-state index in [-0.39, 0.29) is 23.7 Å². The number of rotatable bonds is 5. The second-order valence-electron chi connectivity index (χ2n) is 9.11. The van der Waals surface area contributed by atoms with Crippen LogP contribution in [0.2, 0.25) is 0 Å². The molecule has 0 radical (unpaired) electrons. The lowest BCUT2D eigenvalue weighted by atomic mass is 10.0. The molecular weight excluding hydrogens is 431 g/mol. The Kier molecular flexibility index (Phi) is 5.20. The molecule has 2 unspecified atom stereocenters. The van der Waals surface area contributed by atoms with Crippen molar-refractivity contribution >= 4 is 17.4 Å². The number of likely N-dealkylation sites (tertiary alicyclic amines) is 1. The Labute approximate surface area is 196 Å². The van der Waals surface area contributed by atoms with E-state index in [0.717, 1.165) is 25.8 Å². The van der Waals surface area contributed by atoms with Crippen LogP contribution in [0.25, 0.3) is 17.2 Å². The second-order valence-corrected chi connectivity index (χ2v) is 9.11.